The molecule has 0 bridgehead atoms. The van der Waals surface area contributed by atoms with Gasteiger partial charge in [-0.2, -0.15) is 8.42 Å². The van der Waals surface area contributed by atoms with Crippen molar-refractivity contribution in [3.8, 4) is 0 Å². The van der Waals surface area contributed by atoms with Crippen LogP contribution in [0.5, 0.6) is 0 Å². The molecule has 0 spiro atoms. The third-order valence-corrected chi connectivity index (χ3v) is 1.98. The predicted molar refractivity (Wildman–Crippen MR) is 55.3 cm³/mol. The van der Waals surface area contributed by atoms with Gasteiger partial charge in [-0.15, -0.1) is 0 Å². The molecular weight excluding hydrogens is 279 g/mol. The normalized spacial score (nSPS) is 11.5. The van der Waals surface area contributed by atoms with Gasteiger partial charge in [-0.05, 0) is 12.5 Å². The van der Waals surface area contributed by atoms with Gasteiger partial charge in [-0.25, -0.2) is 0 Å². The van der Waals surface area contributed by atoms with Crippen LogP contribution in [0.4, 0.5) is 0 Å². The minimum atomic E-state index is -3.95. The maximum Gasteiger partial charge on any atom is 1.00 e. The van der Waals surface area contributed by atoms with E-state index in [1.54, 1.807) is 0 Å². The molecule has 0 heterocycles. The average Bonchev–Trinajstić information content (AvgIpc) is 2.23. The molecule has 102 valence electrons. The SMILES string of the molecule is C=CC(=O)[O-].O=S(=O)(O)CCCOC(O)CO.[Na+]. The fourth-order valence-corrected chi connectivity index (χ4v) is 0.996. The second kappa shape index (κ2) is 13.4. The summed E-state index contributed by atoms with van der Waals surface area (Å²) in [5.74, 6) is -1.64. The molecule has 0 amide bonds. The molecule has 0 radical (unpaired) electrons. The number of aliphatic hydroxyl groups is 2. The molecule has 3 N–H and O–H groups in total. The molecular formula is C8H15NaO8S. The molecule has 0 saturated heterocycles. The van der Waals surface area contributed by atoms with Crippen LogP contribution in [0.15, 0.2) is 12.7 Å². The fraction of sp³-hybridized carbons (Fsp3) is 0.625. The molecule has 0 aromatic heterocycles. The first-order valence-corrected chi connectivity index (χ1v) is 6.03. The molecule has 10 heteroatoms. The third-order valence-electron chi connectivity index (χ3n) is 1.18. The standard InChI is InChI=1S/C5H12O6S.C3H4O2.Na/c6-4-5(7)11-2-1-3-12(8,9)10;1-2-3(4)5;/h5-7H,1-4H2,(H,8,9,10);2H,1H2,(H,4,5);/q;;+1/p-1. The van der Waals surface area contributed by atoms with Gasteiger partial charge in [0.15, 0.2) is 6.29 Å². The van der Waals surface area contributed by atoms with E-state index in [9.17, 15) is 8.42 Å². The summed E-state index contributed by atoms with van der Waals surface area (Å²) in [5.41, 5.74) is 0. The van der Waals surface area contributed by atoms with E-state index >= 15 is 0 Å². The number of carboxylic acids is 1. The van der Waals surface area contributed by atoms with Gasteiger partial charge >= 0.3 is 29.6 Å². The first-order valence-electron chi connectivity index (χ1n) is 4.42. The molecule has 18 heavy (non-hydrogen) atoms. The Morgan fingerprint density at radius 2 is 1.94 bits per heavy atom. The largest absolute Gasteiger partial charge is 1.00 e. The maximum absolute atomic E-state index is 10.1. The van der Waals surface area contributed by atoms with Gasteiger partial charge < -0.3 is 24.9 Å². The Kier molecular flexibility index (Phi) is 17.3. The van der Waals surface area contributed by atoms with Crippen LogP contribution in [0.1, 0.15) is 6.42 Å². The van der Waals surface area contributed by atoms with Gasteiger partial charge in [0.25, 0.3) is 10.1 Å². The van der Waals surface area contributed by atoms with E-state index in [2.05, 4.69) is 11.3 Å². The van der Waals surface area contributed by atoms with E-state index < -0.39 is 34.7 Å². The summed E-state index contributed by atoms with van der Waals surface area (Å²) < 4.78 is 33.0. The molecule has 0 rings (SSSR count). The van der Waals surface area contributed by atoms with E-state index in [1.165, 1.54) is 0 Å². The van der Waals surface area contributed by atoms with Crippen molar-refractivity contribution in [2.75, 3.05) is 19.0 Å². The third kappa shape index (κ3) is 25.0. The van der Waals surface area contributed by atoms with Crippen LogP contribution in [-0.4, -0.2) is 54.4 Å². The fourth-order valence-electron chi connectivity index (χ4n) is 0.513. The summed E-state index contributed by atoms with van der Waals surface area (Å²) in [6.45, 7) is 2.34. The van der Waals surface area contributed by atoms with Gasteiger partial charge in [0.05, 0.1) is 24.9 Å². The van der Waals surface area contributed by atoms with Crippen LogP contribution >= 0.6 is 0 Å². The molecule has 0 aromatic carbocycles. The van der Waals surface area contributed by atoms with E-state index in [-0.39, 0.29) is 42.6 Å². The predicted octanol–water partition coefficient (Wildman–Crippen LogP) is -5.48. The van der Waals surface area contributed by atoms with E-state index in [4.69, 9.17) is 24.7 Å². The molecule has 0 aromatic rings. The molecule has 0 aliphatic rings. The second-order valence-corrected chi connectivity index (χ2v) is 4.24. The number of carbonyl (C=O) groups is 1. The molecule has 1 atom stereocenters. The minimum absolute atomic E-state index is 0. The van der Waals surface area contributed by atoms with Gasteiger partial charge in [-0.1, -0.05) is 6.58 Å². The van der Waals surface area contributed by atoms with Crippen LogP contribution in [0.25, 0.3) is 0 Å². The Morgan fingerprint density at radius 3 is 2.22 bits per heavy atom. The molecule has 0 aliphatic heterocycles. The van der Waals surface area contributed by atoms with Gasteiger partial charge in [0, 0.05) is 0 Å². The number of hydrogen-bond acceptors (Lipinski definition) is 7. The number of aliphatic carboxylic acids is 1. The minimum Gasteiger partial charge on any atom is -0.545 e. The number of ether oxygens (including phenoxy) is 1. The topological polar surface area (TPSA) is 144 Å². The zero-order chi connectivity index (χ0) is 13.9. The van der Waals surface area contributed by atoms with Crippen molar-refractivity contribution in [2.24, 2.45) is 0 Å². The smallest absolute Gasteiger partial charge is 0.545 e. The number of carboxylic acid groups (broad SMARTS) is 1. The summed E-state index contributed by atoms with van der Waals surface area (Å²) in [4.78, 5) is 9.14. The summed E-state index contributed by atoms with van der Waals surface area (Å²) in [7, 11) is -3.95. The Balaban J connectivity index is -0.000000321. The number of rotatable bonds is 7. The second-order valence-electron chi connectivity index (χ2n) is 2.67. The zero-order valence-electron chi connectivity index (χ0n) is 9.98. The van der Waals surface area contributed by atoms with Crippen molar-refractivity contribution in [2.45, 2.75) is 12.7 Å². The quantitative estimate of drug-likeness (QED) is 0.139. The maximum atomic E-state index is 10.1. The zero-order valence-corrected chi connectivity index (χ0v) is 12.8. The van der Waals surface area contributed by atoms with Crippen molar-refractivity contribution in [1.29, 1.82) is 0 Å². The van der Waals surface area contributed by atoms with Gasteiger partial charge in [0.1, 0.15) is 0 Å². The van der Waals surface area contributed by atoms with E-state index in [1.807, 2.05) is 0 Å². The van der Waals surface area contributed by atoms with Crippen molar-refractivity contribution in [3.63, 3.8) is 0 Å². The van der Waals surface area contributed by atoms with Crippen molar-refractivity contribution in [1.82, 2.24) is 0 Å². The van der Waals surface area contributed by atoms with Crippen molar-refractivity contribution in [3.05, 3.63) is 12.7 Å². The Labute approximate surface area is 127 Å². The molecule has 1 unspecified atom stereocenters. The molecule has 0 fully saturated rings. The first kappa shape index (κ1) is 23.1. The van der Waals surface area contributed by atoms with Crippen LogP contribution in [0.3, 0.4) is 0 Å². The molecule has 0 saturated carbocycles. The van der Waals surface area contributed by atoms with Crippen LogP contribution in [-0.2, 0) is 19.6 Å². The van der Waals surface area contributed by atoms with Gasteiger partial charge in [0.2, 0.25) is 0 Å². The Morgan fingerprint density at radius 1 is 1.50 bits per heavy atom. The van der Waals surface area contributed by atoms with Crippen LogP contribution < -0.4 is 34.7 Å². The summed E-state index contributed by atoms with van der Waals surface area (Å²) in [6, 6.07) is 0. The van der Waals surface area contributed by atoms with Crippen molar-refractivity contribution >= 4 is 16.1 Å². The van der Waals surface area contributed by atoms with Crippen LogP contribution in [0.2, 0.25) is 0 Å². The van der Waals surface area contributed by atoms with Gasteiger partial charge in [-0.3, -0.25) is 4.55 Å². The van der Waals surface area contributed by atoms with E-state index in [0.717, 1.165) is 6.08 Å². The number of aliphatic hydroxyl groups excluding tert-OH is 2. The molecule has 0 aliphatic carbocycles. The number of carbonyl (C=O) groups excluding carboxylic acids is 1. The van der Waals surface area contributed by atoms with E-state index in [0.29, 0.717) is 0 Å². The Hall–Kier alpha value is -0.000000000000000222. The summed E-state index contributed by atoms with van der Waals surface area (Å²) in [5, 5.41) is 26.0. The Bertz CT molecular complexity index is 315. The van der Waals surface area contributed by atoms with Crippen molar-refractivity contribution < 1.29 is 67.4 Å². The average molecular weight is 294 g/mol. The summed E-state index contributed by atoms with van der Waals surface area (Å²) >= 11 is 0. The number of hydrogen-bond donors (Lipinski definition) is 3. The van der Waals surface area contributed by atoms with Crippen LogP contribution in [0, 0.1) is 0 Å². The first-order chi connectivity index (χ1) is 7.72. The molecule has 8 nitrogen and oxygen atoms in total. The monoisotopic (exact) mass is 294 g/mol. The summed E-state index contributed by atoms with van der Waals surface area (Å²) in [6.07, 6.45) is -0.484.